The number of fused-ring (bicyclic) bond motifs is 4. The van der Waals surface area contributed by atoms with Gasteiger partial charge in [-0.1, -0.05) is 32.5 Å². The minimum Gasteiger partial charge on any atom is -0.280 e. The second kappa shape index (κ2) is 7.60. The summed E-state index contributed by atoms with van der Waals surface area (Å²) in [6.45, 7) is 5.92. The monoisotopic (exact) mass is 498 g/mol. The largest absolute Gasteiger partial charge is 0.332 e. The summed E-state index contributed by atoms with van der Waals surface area (Å²) in [5, 5.41) is 11.2. The first-order valence-corrected chi connectivity index (χ1v) is 12.3. The quantitative estimate of drug-likeness (QED) is 0.271. The van der Waals surface area contributed by atoms with Crippen molar-refractivity contribution in [2.75, 3.05) is 0 Å². The number of thiophene rings is 1. The van der Waals surface area contributed by atoms with Crippen LogP contribution in [0.25, 0.3) is 27.0 Å². The predicted octanol–water partition coefficient (Wildman–Crippen LogP) is 1.57. The summed E-state index contributed by atoms with van der Waals surface area (Å²) in [6.07, 6.45) is 0. The van der Waals surface area contributed by atoms with Crippen molar-refractivity contribution >= 4 is 50.1 Å². The fraction of sp³-hybridized carbons (Fsp3) is 0.381. The number of hydrogen-bond donors (Lipinski definition) is 0. The van der Waals surface area contributed by atoms with E-state index in [1.807, 2.05) is 36.6 Å². The van der Waals surface area contributed by atoms with Crippen molar-refractivity contribution in [1.82, 2.24) is 38.3 Å². The Morgan fingerprint density at radius 1 is 0.971 bits per heavy atom. The topological polar surface area (TPSA) is 122 Å². The van der Waals surface area contributed by atoms with Gasteiger partial charge in [0.2, 0.25) is 5.78 Å². The molecule has 176 valence electrons. The standard InChI is InChI=1S/C21H22N8O3S2/c1-21(2,3)18-22-14-12(16(30)28(6)20(32)26(14)4)15(23-18)34-9-11-24-25-19-27(5)17(31)13-10(29(11)19)7-8-33-13/h7-8H,9H2,1-6H3. The summed E-state index contributed by atoms with van der Waals surface area (Å²) in [7, 11) is 4.70. The molecule has 0 unspecified atom stereocenters. The lowest BCUT2D eigenvalue weighted by atomic mass is 9.96. The molecule has 0 spiro atoms. The van der Waals surface area contributed by atoms with Crippen LogP contribution in [0, 0.1) is 0 Å². The molecule has 0 aliphatic carbocycles. The van der Waals surface area contributed by atoms with E-state index in [1.165, 1.54) is 39.3 Å². The van der Waals surface area contributed by atoms with E-state index in [2.05, 4.69) is 15.2 Å². The average Bonchev–Trinajstić information content (AvgIpc) is 3.44. The fourth-order valence-corrected chi connectivity index (χ4v) is 5.53. The van der Waals surface area contributed by atoms with Crippen LogP contribution < -0.4 is 16.8 Å². The highest BCUT2D eigenvalue weighted by Crippen LogP contribution is 2.29. The molecule has 0 fully saturated rings. The Morgan fingerprint density at radius 2 is 1.71 bits per heavy atom. The fourth-order valence-electron chi connectivity index (χ4n) is 3.75. The van der Waals surface area contributed by atoms with Crippen LogP contribution in [0.2, 0.25) is 0 Å². The highest BCUT2D eigenvalue weighted by atomic mass is 32.2. The number of thioether (sulfide) groups is 1. The van der Waals surface area contributed by atoms with E-state index in [0.717, 1.165) is 10.1 Å². The second-order valence-electron chi connectivity index (χ2n) is 9.05. The lowest BCUT2D eigenvalue weighted by Crippen LogP contribution is -2.38. The summed E-state index contributed by atoms with van der Waals surface area (Å²) in [4.78, 5) is 47.5. The molecule has 5 rings (SSSR count). The molecular formula is C21H22N8O3S2. The van der Waals surface area contributed by atoms with Gasteiger partial charge < -0.3 is 0 Å². The molecule has 0 amide bonds. The summed E-state index contributed by atoms with van der Waals surface area (Å²) in [5.41, 5.74) is -0.381. The van der Waals surface area contributed by atoms with Crippen LogP contribution in [0.4, 0.5) is 0 Å². The SMILES string of the molecule is Cn1c(=O)c2c(SCc3nnc4n(C)c(=O)c5sccc5n34)nc(C(C)(C)C)nc2n(C)c1=O. The van der Waals surface area contributed by atoms with Gasteiger partial charge in [-0.25, -0.2) is 14.8 Å². The lowest BCUT2D eigenvalue weighted by molar-refractivity contribution is 0.539. The summed E-state index contributed by atoms with van der Waals surface area (Å²) < 4.78 is 6.37. The number of aryl methyl sites for hydroxylation is 2. The van der Waals surface area contributed by atoms with Crippen LogP contribution in [0.5, 0.6) is 0 Å². The number of nitrogens with zero attached hydrogens (tertiary/aromatic N) is 8. The van der Waals surface area contributed by atoms with Gasteiger partial charge in [0.15, 0.2) is 5.65 Å². The Balaban J connectivity index is 1.71. The van der Waals surface area contributed by atoms with E-state index in [9.17, 15) is 14.4 Å². The van der Waals surface area contributed by atoms with Gasteiger partial charge in [-0.15, -0.1) is 21.5 Å². The van der Waals surface area contributed by atoms with Gasteiger partial charge in [0.25, 0.3) is 11.1 Å². The van der Waals surface area contributed by atoms with Gasteiger partial charge in [0.1, 0.15) is 26.8 Å². The summed E-state index contributed by atoms with van der Waals surface area (Å²) >= 11 is 2.69. The predicted molar refractivity (Wildman–Crippen MR) is 132 cm³/mol. The van der Waals surface area contributed by atoms with E-state index in [-0.39, 0.29) is 10.9 Å². The second-order valence-corrected chi connectivity index (χ2v) is 10.9. The van der Waals surface area contributed by atoms with Gasteiger partial charge in [0, 0.05) is 26.6 Å². The van der Waals surface area contributed by atoms with E-state index in [0.29, 0.717) is 38.6 Å². The number of hydrogen-bond acceptors (Lipinski definition) is 9. The Kier molecular flexibility index (Phi) is 5.02. The lowest BCUT2D eigenvalue weighted by Gasteiger charge is -2.19. The molecule has 34 heavy (non-hydrogen) atoms. The Labute approximate surface area is 200 Å². The average molecular weight is 499 g/mol. The maximum atomic E-state index is 13.1. The maximum absolute atomic E-state index is 13.1. The van der Waals surface area contributed by atoms with Crippen LogP contribution in [0.15, 0.2) is 30.9 Å². The van der Waals surface area contributed by atoms with Crippen molar-refractivity contribution in [3.05, 3.63) is 54.3 Å². The van der Waals surface area contributed by atoms with E-state index in [1.54, 1.807) is 14.1 Å². The highest BCUT2D eigenvalue weighted by molar-refractivity contribution is 7.98. The molecule has 13 heteroatoms. The number of aromatic nitrogens is 8. The van der Waals surface area contributed by atoms with Crippen molar-refractivity contribution in [1.29, 1.82) is 0 Å². The normalized spacial score (nSPS) is 12.4. The van der Waals surface area contributed by atoms with Crippen LogP contribution in [-0.4, -0.2) is 38.3 Å². The van der Waals surface area contributed by atoms with E-state index in [4.69, 9.17) is 4.98 Å². The molecule has 0 radical (unpaired) electrons. The Hall–Kier alpha value is -3.32. The summed E-state index contributed by atoms with van der Waals surface area (Å²) in [6, 6.07) is 1.87. The van der Waals surface area contributed by atoms with Crippen molar-refractivity contribution in [2.24, 2.45) is 21.1 Å². The van der Waals surface area contributed by atoms with Crippen molar-refractivity contribution in [2.45, 2.75) is 37.0 Å². The van der Waals surface area contributed by atoms with Gasteiger partial charge in [0.05, 0.1) is 11.3 Å². The molecule has 0 bridgehead atoms. The Bertz CT molecular complexity index is 1800. The molecule has 0 saturated heterocycles. The molecule has 0 atom stereocenters. The van der Waals surface area contributed by atoms with E-state index >= 15 is 0 Å². The zero-order valence-electron chi connectivity index (χ0n) is 19.5. The van der Waals surface area contributed by atoms with Crippen LogP contribution >= 0.6 is 23.1 Å². The Morgan fingerprint density at radius 3 is 2.41 bits per heavy atom. The maximum Gasteiger partial charge on any atom is 0.332 e. The first kappa shape index (κ1) is 22.5. The van der Waals surface area contributed by atoms with Crippen LogP contribution in [0.1, 0.15) is 32.4 Å². The van der Waals surface area contributed by atoms with E-state index < -0.39 is 16.7 Å². The van der Waals surface area contributed by atoms with Gasteiger partial charge in [-0.3, -0.25) is 27.7 Å². The molecular weight excluding hydrogens is 476 g/mol. The smallest absolute Gasteiger partial charge is 0.280 e. The van der Waals surface area contributed by atoms with Crippen LogP contribution in [0.3, 0.4) is 0 Å². The first-order chi connectivity index (χ1) is 16.0. The van der Waals surface area contributed by atoms with Crippen molar-refractivity contribution in [3.8, 4) is 0 Å². The molecule has 0 N–H and O–H groups in total. The first-order valence-electron chi connectivity index (χ1n) is 10.4. The van der Waals surface area contributed by atoms with Crippen molar-refractivity contribution in [3.63, 3.8) is 0 Å². The molecule has 5 heterocycles. The van der Waals surface area contributed by atoms with Gasteiger partial charge >= 0.3 is 5.69 Å². The molecule has 0 aliphatic heterocycles. The third kappa shape index (κ3) is 3.21. The minimum atomic E-state index is -0.449. The molecule has 0 aliphatic rings. The van der Waals surface area contributed by atoms with Crippen molar-refractivity contribution < 1.29 is 0 Å². The molecule has 11 nitrogen and oxygen atoms in total. The van der Waals surface area contributed by atoms with Gasteiger partial charge in [-0.05, 0) is 11.4 Å². The van der Waals surface area contributed by atoms with Crippen LogP contribution in [-0.2, 0) is 32.3 Å². The third-order valence-corrected chi connectivity index (χ3v) is 7.54. The zero-order valence-corrected chi connectivity index (χ0v) is 21.1. The summed E-state index contributed by atoms with van der Waals surface area (Å²) in [5.74, 6) is 1.92. The zero-order chi connectivity index (χ0) is 24.5. The highest BCUT2D eigenvalue weighted by Gasteiger charge is 2.24. The third-order valence-electron chi connectivity index (χ3n) is 5.67. The molecule has 0 aromatic carbocycles. The molecule has 0 saturated carbocycles. The molecule has 5 aromatic heterocycles. The van der Waals surface area contributed by atoms with Gasteiger partial charge in [-0.2, -0.15) is 0 Å². The minimum absolute atomic E-state index is 0.120. The molecule has 5 aromatic rings. The number of rotatable bonds is 3.